The zero-order chi connectivity index (χ0) is 21.1. The summed E-state index contributed by atoms with van der Waals surface area (Å²) in [5.41, 5.74) is 0.899. The van der Waals surface area contributed by atoms with Crippen molar-refractivity contribution in [2.45, 2.75) is 0 Å². The average Bonchev–Trinajstić information content (AvgIpc) is 3.11. The maximum absolute atomic E-state index is 12.7. The Morgan fingerprint density at radius 3 is 2.52 bits per heavy atom. The van der Waals surface area contributed by atoms with E-state index < -0.39 is 22.5 Å². The lowest BCUT2D eigenvalue weighted by molar-refractivity contribution is -0.385. The largest absolute Gasteiger partial charge is 0.465 e. The number of thiophene rings is 1. The van der Waals surface area contributed by atoms with Gasteiger partial charge in [0.15, 0.2) is 0 Å². The summed E-state index contributed by atoms with van der Waals surface area (Å²) in [6, 6.07) is 11.0. The molecular weight excluding hydrogens is 484 g/mol. The molecule has 3 aromatic rings. The smallest absolute Gasteiger partial charge is 0.341 e. The second kappa shape index (κ2) is 8.73. The van der Waals surface area contributed by atoms with E-state index >= 15 is 0 Å². The van der Waals surface area contributed by atoms with Gasteiger partial charge in [-0.1, -0.05) is 39.7 Å². The number of hydrogen-bond acceptors (Lipinski definition) is 6. The predicted octanol–water partition coefficient (Wildman–Crippen LogP) is 5.78. The van der Waals surface area contributed by atoms with Crippen LogP contribution in [-0.4, -0.2) is 23.9 Å². The summed E-state index contributed by atoms with van der Waals surface area (Å²) in [6.45, 7) is 0. The van der Waals surface area contributed by atoms with E-state index in [-0.39, 0.29) is 21.2 Å². The minimum absolute atomic E-state index is 0.136. The number of benzene rings is 2. The lowest BCUT2D eigenvalue weighted by atomic mass is 10.0. The van der Waals surface area contributed by atoms with Crippen LogP contribution < -0.4 is 5.32 Å². The molecule has 2 aromatic carbocycles. The monoisotopic (exact) mass is 494 g/mol. The molecule has 148 valence electrons. The SMILES string of the molecule is COC(=O)c1c(-c2ccc(Br)cc2)csc1NC(=O)c1ccc(Cl)cc1[N+](=O)[O-]. The molecule has 1 heterocycles. The van der Waals surface area contributed by atoms with Crippen LogP contribution in [0.4, 0.5) is 10.7 Å². The number of carbonyl (C=O) groups excluding carboxylic acids is 2. The number of nitro benzene ring substituents is 1. The Labute approximate surface area is 182 Å². The van der Waals surface area contributed by atoms with Gasteiger partial charge in [0.05, 0.1) is 12.0 Å². The number of nitro groups is 1. The number of hydrogen-bond donors (Lipinski definition) is 1. The Hall–Kier alpha value is -2.75. The second-order valence-corrected chi connectivity index (χ2v) is 7.96. The fourth-order valence-corrected chi connectivity index (χ4v) is 4.00. The zero-order valence-corrected chi connectivity index (χ0v) is 17.9. The highest BCUT2D eigenvalue weighted by molar-refractivity contribution is 9.10. The van der Waals surface area contributed by atoms with Gasteiger partial charge in [-0.05, 0) is 29.8 Å². The Bertz CT molecular complexity index is 1110. The quantitative estimate of drug-likeness (QED) is 0.275. The number of rotatable bonds is 5. The third-order valence-electron chi connectivity index (χ3n) is 3.96. The number of halogens is 2. The normalized spacial score (nSPS) is 10.4. The Kier molecular flexibility index (Phi) is 6.31. The van der Waals surface area contributed by atoms with Crippen molar-refractivity contribution < 1.29 is 19.2 Å². The molecule has 1 amide bonds. The first-order valence-electron chi connectivity index (χ1n) is 8.03. The molecule has 3 rings (SSSR count). The molecule has 0 spiro atoms. The Morgan fingerprint density at radius 2 is 1.90 bits per heavy atom. The van der Waals surface area contributed by atoms with Crippen LogP contribution in [0.25, 0.3) is 11.1 Å². The molecule has 1 aromatic heterocycles. The van der Waals surface area contributed by atoms with Gasteiger partial charge in [-0.2, -0.15) is 0 Å². The molecule has 0 unspecified atom stereocenters. The first-order valence-corrected chi connectivity index (χ1v) is 10.1. The van der Waals surface area contributed by atoms with E-state index in [4.69, 9.17) is 16.3 Å². The number of carbonyl (C=O) groups is 2. The van der Waals surface area contributed by atoms with E-state index in [1.165, 1.54) is 19.2 Å². The standard InChI is InChI=1S/C19H12BrClN2O5S/c1-28-19(25)16-14(10-2-4-11(20)5-3-10)9-29-18(16)22-17(24)13-7-6-12(21)8-15(13)23(26)27/h2-9H,1H3,(H,22,24). The van der Waals surface area contributed by atoms with Crippen LogP contribution in [0.3, 0.4) is 0 Å². The predicted molar refractivity (Wildman–Crippen MR) is 115 cm³/mol. The topological polar surface area (TPSA) is 98.5 Å². The zero-order valence-electron chi connectivity index (χ0n) is 14.8. The molecule has 0 aliphatic carbocycles. The lowest BCUT2D eigenvalue weighted by Gasteiger charge is -2.08. The van der Waals surface area contributed by atoms with Crippen LogP contribution in [0.2, 0.25) is 5.02 Å². The van der Waals surface area contributed by atoms with Gasteiger partial charge in [-0.25, -0.2) is 4.79 Å². The van der Waals surface area contributed by atoms with Gasteiger partial charge in [0.25, 0.3) is 11.6 Å². The maximum Gasteiger partial charge on any atom is 0.341 e. The van der Waals surface area contributed by atoms with Crippen molar-refractivity contribution in [3.63, 3.8) is 0 Å². The Balaban J connectivity index is 2.02. The van der Waals surface area contributed by atoms with Crippen molar-refractivity contribution in [3.8, 4) is 11.1 Å². The van der Waals surface area contributed by atoms with Crippen molar-refractivity contribution in [3.05, 3.63) is 78.6 Å². The molecule has 7 nitrogen and oxygen atoms in total. The number of anilines is 1. The van der Waals surface area contributed by atoms with Gasteiger partial charge in [0.1, 0.15) is 16.1 Å². The molecule has 0 fully saturated rings. The molecule has 29 heavy (non-hydrogen) atoms. The molecular formula is C19H12BrClN2O5S. The summed E-state index contributed by atoms with van der Waals surface area (Å²) >= 11 is 10.3. The number of nitrogens with one attached hydrogen (secondary N) is 1. The summed E-state index contributed by atoms with van der Waals surface area (Å²) < 4.78 is 5.74. The van der Waals surface area contributed by atoms with Gasteiger partial charge >= 0.3 is 5.97 Å². The maximum atomic E-state index is 12.7. The van der Waals surface area contributed by atoms with Crippen LogP contribution in [-0.2, 0) is 4.74 Å². The third-order valence-corrected chi connectivity index (χ3v) is 5.62. The van der Waals surface area contributed by atoms with E-state index in [2.05, 4.69) is 21.2 Å². The molecule has 1 N–H and O–H groups in total. The summed E-state index contributed by atoms with van der Waals surface area (Å²) in [5, 5.41) is 15.9. The highest BCUT2D eigenvalue weighted by atomic mass is 79.9. The second-order valence-electron chi connectivity index (χ2n) is 5.72. The van der Waals surface area contributed by atoms with Crippen molar-refractivity contribution in [2.24, 2.45) is 0 Å². The minimum Gasteiger partial charge on any atom is -0.465 e. The van der Waals surface area contributed by atoms with Gasteiger partial charge in [-0.15, -0.1) is 11.3 Å². The molecule has 10 heteroatoms. The van der Waals surface area contributed by atoms with Crippen LogP contribution in [0.5, 0.6) is 0 Å². The number of amides is 1. The fraction of sp³-hybridized carbons (Fsp3) is 0.0526. The van der Waals surface area contributed by atoms with Gasteiger partial charge in [0, 0.05) is 26.5 Å². The van der Waals surface area contributed by atoms with E-state index in [0.717, 1.165) is 27.4 Å². The van der Waals surface area contributed by atoms with Gasteiger partial charge < -0.3 is 10.1 Å². The number of ether oxygens (including phenoxy) is 1. The molecule has 0 bridgehead atoms. The van der Waals surface area contributed by atoms with Crippen LogP contribution in [0.1, 0.15) is 20.7 Å². The molecule has 0 saturated heterocycles. The van der Waals surface area contributed by atoms with Crippen LogP contribution in [0, 0.1) is 10.1 Å². The summed E-state index contributed by atoms with van der Waals surface area (Å²) in [7, 11) is 1.24. The van der Waals surface area contributed by atoms with E-state index in [1.807, 2.05) is 24.3 Å². The van der Waals surface area contributed by atoms with Crippen LogP contribution in [0.15, 0.2) is 52.3 Å². The summed E-state index contributed by atoms with van der Waals surface area (Å²) in [4.78, 5) is 35.7. The van der Waals surface area contributed by atoms with Crippen molar-refractivity contribution in [1.82, 2.24) is 0 Å². The summed E-state index contributed by atoms with van der Waals surface area (Å²) in [6.07, 6.45) is 0. The first kappa shape index (κ1) is 21.0. The summed E-state index contributed by atoms with van der Waals surface area (Å²) in [5.74, 6) is -1.37. The van der Waals surface area contributed by atoms with Gasteiger partial charge in [-0.3, -0.25) is 14.9 Å². The highest BCUT2D eigenvalue weighted by Crippen LogP contribution is 2.37. The van der Waals surface area contributed by atoms with Crippen molar-refractivity contribution in [1.29, 1.82) is 0 Å². The molecule has 0 saturated carbocycles. The number of nitrogens with zero attached hydrogens (tertiary/aromatic N) is 1. The number of esters is 1. The molecule has 0 atom stereocenters. The lowest BCUT2D eigenvalue weighted by Crippen LogP contribution is -2.15. The minimum atomic E-state index is -0.734. The number of methoxy groups -OCH3 is 1. The molecule has 0 radical (unpaired) electrons. The Morgan fingerprint density at radius 1 is 1.21 bits per heavy atom. The fourth-order valence-electron chi connectivity index (χ4n) is 2.61. The van der Waals surface area contributed by atoms with E-state index in [0.29, 0.717) is 5.56 Å². The van der Waals surface area contributed by atoms with Gasteiger partial charge in [0.2, 0.25) is 0 Å². The van der Waals surface area contributed by atoms with Crippen molar-refractivity contribution >= 4 is 61.4 Å². The molecule has 0 aliphatic rings. The third kappa shape index (κ3) is 4.47. The highest BCUT2D eigenvalue weighted by Gasteiger charge is 2.25. The van der Waals surface area contributed by atoms with Crippen LogP contribution >= 0.6 is 38.9 Å². The van der Waals surface area contributed by atoms with E-state index in [1.54, 1.807) is 5.38 Å². The van der Waals surface area contributed by atoms with Crippen molar-refractivity contribution in [2.75, 3.05) is 12.4 Å². The average molecular weight is 496 g/mol. The first-order chi connectivity index (χ1) is 13.8. The molecule has 0 aliphatic heterocycles. The van der Waals surface area contributed by atoms with E-state index in [9.17, 15) is 19.7 Å².